The molecule has 4 nitrogen and oxygen atoms in total. The number of rotatable bonds is 2. The van der Waals surface area contributed by atoms with Gasteiger partial charge < -0.3 is 0 Å². The predicted octanol–water partition coefficient (Wildman–Crippen LogP) is 3.84. The number of aromatic nitrogens is 4. The quantitative estimate of drug-likeness (QED) is 0.674. The lowest BCUT2D eigenvalue weighted by Gasteiger charge is -2.04. The van der Waals surface area contributed by atoms with Gasteiger partial charge in [-0.05, 0) is 19.1 Å². The van der Waals surface area contributed by atoms with Gasteiger partial charge >= 0.3 is 0 Å². The molecule has 0 radical (unpaired) electrons. The van der Waals surface area contributed by atoms with Gasteiger partial charge in [-0.25, -0.2) is 15.0 Å². The molecule has 3 aromatic heterocycles. The van der Waals surface area contributed by atoms with Crippen molar-refractivity contribution < 1.29 is 3.89 Å². The van der Waals surface area contributed by atoms with Crippen LogP contribution in [0.4, 0.5) is 3.89 Å². The zero-order chi connectivity index (χ0) is 13.4. The Balaban J connectivity index is 2.29. The van der Waals surface area contributed by atoms with Gasteiger partial charge in [-0.1, -0.05) is 11.6 Å². The van der Waals surface area contributed by atoms with Gasteiger partial charge in [-0.15, -0.1) is 3.89 Å². The highest BCUT2D eigenvalue weighted by molar-refractivity contribution is 7.93. The molecule has 19 heavy (non-hydrogen) atoms. The average Bonchev–Trinajstić information content (AvgIpc) is 2.76. The number of pyridine rings is 1. The third-order valence-corrected chi connectivity index (χ3v) is 3.48. The van der Waals surface area contributed by atoms with E-state index in [0.717, 1.165) is 11.1 Å². The largest absolute Gasteiger partial charge is 0.254 e. The summed E-state index contributed by atoms with van der Waals surface area (Å²) in [4.78, 5) is 12.2. The van der Waals surface area contributed by atoms with Crippen molar-refractivity contribution in [2.45, 2.75) is 6.92 Å². The third kappa shape index (κ3) is 2.17. The summed E-state index contributed by atoms with van der Waals surface area (Å²) < 4.78 is 14.7. The van der Waals surface area contributed by atoms with Crippen molar-refractivity contribution in [3.05, 3.63) is 41.6 Å². The fourth-order valence-corrected chi connectivity index (χ4v) is 2.51. The number of aryl methyl sites for hydroxylation is 1. The van der Waals surface area contributed by atoms with E-state index >= 15 is 0 Å². The van der Waals surface area contributed by atoms with Gasteiger partial charge in [0, 0.05) is 23.3 Å². The minimum Gasteiger partial charge on any atom is -0.254 e. The maximum Gasteiger partial charge on any atom is 0.170 e. The van der Waals surface area contributed by atoms with Gasteiger partial charge in [-0.2, -0.15) is 0 Å². The molecule has 3 aromatic rings. The lowest BCUT2D eigenvalue weighted by molar-refractivity contribution is 0.921. The molecule has 0 saturated heterocycles. The van der Waals surface area contributed by atoms with E-state index in [9.17, 15) is 3.89 Å². The van der Waals surface area contributed by atoms with Crippen LogP contribution >= 0.6 is 23.9 Å². The Kier molecular flexibility index (Phi) is 3.12. The summed E-state index contributed by atoms with van der Waals surface area (Å²) in [7, 11) is 0. The minimum atomic E-state index is 0.111. The standard InChI is InChI=1S/C12H8ClFN4S/c1-7-2-9(17-6-16-7)11-3-8-5-15-12(13)4-10(8)18(11)19-14/h2-6H,1H3. The Bertz CT molecular complexity index is 759. The summed E-state index contributed by atoms with van der Waals surface area (Å²) in [6, 6.07) is 5.25. The molecule has 0 aliphatic rings. The lowest BCUT2D eigenvalue weighted by Crippen LogP contribution is -1.92. The Morgan fingerprint density at radius 3 is 2.79 bits per heavy atom. The molecule has 0 fully saturated rings. The number of halogens is 2. The fourth-order valence-electron chi connectivity index (χ4n) is 1.90. The Morgan fingerprint density at radius 1 is 1.21 bits per heavy atom. The summed E-state index contributed by atoms with van der Waals surface area (Å²) >= 11 is 5.96. The van der Waals surface area contributed by atoms with Crippen LogP contribution in [0.15, 0.2) is 30.7 Å². The van der Waals surface area contributed by atoms with Gasteiger partial charge in [0.25, 0.3) is 0 Å². The molecular formula is C12H8ClFN4S. The summed E-state index contributed by atoms with van der Waals surface area (Å²) in [5, 5.41) is 1.13. The first-order valence-corrected chi connectivity index (χ1v) is 6.49. The zero-order valence-electron chi connectivity index (χ0n) is 9.84. The van der Waals surface area contributed by atoms with Crippen LogP contribution in [-0.2, 0) is 0 Å². The van der Waals surface area contributed by atoms with Crippen molar-refractivity contribution in [2.75, 3.05) is 0 Å². The fraction of sp³-hybridized carbons (Fsp3) is 0.0833. The molecule has 96 valence electrons. The van der Waals surface area contributed by atoms with Gasteiger partial charge in [0.05, 0.1) is 16.9 Å². The monoisotopic (exact) mass is 294 g/mol. The average molecular weight is 295 g/mol. The molecule has 0 aliphatic carbocycles. The molecule has 3 heterocycles. The first kappa shape index (κ1) is 12.4. The highest BCUT2D eigenvalue weighted by atomic mass is 35.5. The molecule has 0 unspecified atom stereocenters. The molecule has 7 heteroatoms. The summed E-state index contributed by atoms with van der Waals surface area (Å²) in [6.07, 6.45) is 3.07. The second-order valence-corrected chi connectivity index (χ2v) is 4.89. The SMILES string of the molecule is Cc1cc(-c2cc3cnc(Cl)cc3n2SF)ncn1. The van der Waals surface area contributed by atoms with Crippen molar-refractivity contribution in [1.29, 1.82) is 0 Å². The van der Waals surface area contributed by atoms with Crippen LogP contribution in [0.25, 0.3) is 22.3 Å². The smallest absolute Gasteiger partial charge is 0.170 e. The first-order chi connectivity index (χ1) is 9.19. The minimum absolute atomic E-state index is 0.111. The van der Waals surface area contributed by atoms with Crippen LogP contribution in [0.3, 0.4) is 0 Å². The number of hydrogen-bond acceptors (Lipinski definition) is 4. The Morgan fingerprint density at radius 2 is 2.05 bits per heavy atom. The van der Waals surface area contributed by atoms with Crippen LogP contribution in [0.2, 0.25) is 5.15 Å². The van der Waals surface area contributed by atoms with Crippen LogP contribution in [-0.4, -0.2) is 18.9 Å². The molecule has 0 bridgehead atoms. The number of nitrogens with zero attached hydrogens (tertiary/aromatic N) is 4. The maximum absolute atomic E-state index is 13.2. The molecule has 0 aromatic carbocycles. The summed E-state index contributed by atoms with van der Waals surface area (Å²) in [5.74, 6) is 0. The van der Waals surface area contributed by atoms with Crippen LogP contribution in [0, 0.1) is 6.92 Å². The molecule has 0 amide bonds. The second kappa shape index (κ2) is 4.79. The summed E-state index contributed by atoms with van der Waals surface area (Å²) in [6.45, 7) is 1.86. The van der Waals surface area contributed by atoms with Gasteiger partial charge in [0.2, 0.25) is 0 Å². The van der Waals surface area contributed by atoms with Crippen molar-refractivity contribution >= 4 is 34.8 Å². The van der Waals surface area contributed by atoms with E-state index in [-0.39, 0.29) is 12.3 Å². The second-order valence-electron chi connectivity index (χ2n) is 4.00. The predicted molar refractivity (Wildman–Crippen MR) is 74.6 cm³/mol. The van der Waals surface area contributed by atoms with E-state index in [1.165, 1.54) is 10.3 Å². The van der Waals surface area contributed by atoms with Gasteiger partial charge in [0.15, 0.2) is 12.3 Å². The van der Waals surface area contributed by atoms with Crippen LogP contribution in [0.5, 0.6) is 0 Å². The van der Waals surface area contributed by atoms with Crippen LogP contribution < -0.4 is 0 Å². The highest BCUT2D eigenvalue weighted by Gasteiger charge is 2.13. The first-order valence-electron chi connectivity index (χ1n) is 5.44. The van der Waals surface area contributed by atoms with E-state index < -0.39 is 0 Å². The van der Waals surface area contributed by atoms with Crippen molar-refractivity contribution in [1.82, 2.24) is 18.9 Å². The van der Waals surface area contributed by atoms with Crippen molar-refractivity contribution in [3.63, 3.8) is 0 Å². The molecule has 0 N–H and O–H groups in total. The molecule has 0 atom stereocenters. The molecule has 0 spiro atoms. The highest BCUT2D eigenvalue weighted by Crippen LogP contribution is 2.32. The summed E-state index contributed by atoms with van der Waals surface area (Å²) in [5.41, 5.74) is 2.79. The molecule has 3 rings (SSSR count). The maximum atomic E-state index is 13.2. The molecule has 0 aliphatic heterocycles. The van der Waals surface area contributed by atoms with E-state index in [1.54, 1.807) is 18.3 Å². The lowest BCUT2D eigenvalue weighted by atomic mass is 10.2. The zero-order valence-corrected chi connectivity index (χ0v) is 11.4. The van der Waals surface area contributed by atoms with Gasteiger partial charge in [0.1, 0.15) is 11.5 Å². The van der Waals surface area contributed by atoms with Gasteiger partial charge in [-0.3, -0.25) is 3.97 Å². The van der Waals surface area contributed by atoms with E-state index in [0.29, 0.717) is 22.1 Å². The Labute approximate surface area is 118 Å². The number of hydrogen-bond donors (Lipinski definition) is 0. The molecular weight excluding hydrogens is 287 g/mol. The van der Waals surface area contributed by atoms with Crippen molar-refractivity contribution in [2.24, 2.45) is 0 Å². The van der Waals surface area contributed by atoms with Crippen molar-refractivity contribution in [3.8, 4) is 11.4 Å². The number of fused-ring (bicyclic) bond motifs is 1. The third-order valence-electron chi connectivity index (χ3n) is 2.74. The Hall–Kier alpha value is -1.66. The van der Waals surface area contributed by atoms with Crippen LogP contribution in [0.1, 0.15) is 5.69 Å². The van der Waals surface area contributed by atoms with E-state index in [2.05, 4.69) is 15.0 Å². The van der Waals surface area contributed by atoms with E-state index in [4.69, 9.17) is 11.6 Å². The van der Waals surface area contributed by atoms with E-state index in [1.807, 2.05) is 13.0 Å². The molecule has 0 saturated carbocycles. The topological polar surface area (TPSA) is 43.6 Å². The normalized spacial score (nSPS) is 11.1.